The molecule has 4 rings (SSSR count). The number of nitrogens with one attached hydrogen (secondary N) is 1. The van der Waals surface area contributed by atoms with Gasteiger partial charge < -0.3 is 9.73 Å². The molecular weight excluding hydrogens is 314 g/mol. The van der Waals surface area contributed by atoms with E-state index in [1.807, 2.05) is 24.3 Å². The van der Waals surface area contributed by atoms with Gasteiger partial charge in [-0.15, -0.1) is 0 Å². The van der Waals surface area contributed by atoms with Crippen molar-refractivity contribution in [1.82, 2.24) is 9.97 Å². The van der Waals surface area contributed by atoms with Crippen molar-refractivity contribution in [3.63, 3.8) is 0 Å². The summed E-state index contributed by atoms with van der Waals surface area (Å²) in [4.78, 5) is 21.3. The molecule has 2 aromatic heterocycles. The maximum atomic E-state index is 12.4. The van der Waals surface area contributed by atoms with E-state index in [0.29, 0.717) is 24.4 Å². The Morgan fingerprint density at radius 2 is 1.96 bits per heavy atom. The van der Waals surface area contributed by atoms with E-state index in [9.17, 15) is 4.79 Å². The standard InChI is InChI=1S/C20H19N3O2/c1-12-6-13(2)8-15(7-12)22-20-21-11-16-17(23-20)9-14(10-18(16)24)19-4-3-5-25-19/h3-8,11,14H,9-10H2,1-2H3,(H,21,22,23)/t14-/m1/s1. The molecule has 2 heterocycles. The first kappa shape index (κ1) is 15.6. The Bertz CT molecular complexity index is 912. The third-order valence-electron chi connectivity index (χ3n) is 4.46. The molecule has 5 heteroatoms. The van der Waals surface area contributed by atoms with E-state index >= 15 is 0 Å². The van der Waals surface area contributed by atoms with Crippen LogP contribution in [0.3, 0.4) is 0 Å². The Balaban J connectivity index is 1.63. The first-order valence-electron chi connectivity index (χ1n) is 8.36. The molecule has 25 heavy (non-hydrogen) atoms. The van der Waals surface area contributed by atoms with Crippen molar-refractivity contribution in [3.05, 3.63) is 70.9 Å². The quantitative estimate of drug-likeness (QED) is 0.772. The van der Waals surface area contributed by atoms with Gasteiger partial charge in [-0.05, 0) is 49.2 Å². The average molecular weight is 333 g/mol. The van der Waals surface area contributed by atoms with Crippen LogP contribution in [0.4, 0.5) is 11.6 Å². The molecule has 0 unspecified atom stereocenters. The highest BCUT2D eigenvalue weighted by atomic mass is 16.3. The maximum absolute atomic E-state index is 12.4. The van der Waals surface area contributed by atoms with Gasteiger partial charge in [-0.25, -0.2) is 9.97 Å². The number of furan rings is 1. The third-order valence-corrected chi connectivity index (χ3v) is 4.46. The highest BCUT2D eigenvalue weighted by molar-refractivity contribution is 5.98. The molecule has 0 spiro atoms. The van der Waals surface area contributed by atoms with Gasteiger partial charge in [-0.2, -0.15) is 0 Å². The molecule has 1 aromatic carbocycles. The fraction of sp³-hybridized carbons (Fsp3) is 0.250. The zero-order chi connectivity index (χ0) is 17.4. The number of fused-ring (bicyclic) bond motifs is 1. The number of hydrogen-bond donors (Lipinski definition) is 1. The van der Waals surface area contributed by atoms with Crippen molar-refractivity contribution in [2.24, 2.45) is 0 Å². The number of rotatable bonds is 3. The van der Waals surface area contributed by atoms with Crippen LogP contribution in [-0.2, 0) is 6.42 Å². The molecule has 0 bridgehead atoms. The zero-order valence-corrected chi connectivity index (χ0v) is 14.2. The number of nitrogens with zero attached hydrogens (tertiary/aromatic N) is 2. The number of aryl methyl sites for hydroxylation is 2. The summed E-state index contributed by atoms with van der Waals surface area (Å²) in [6, 6.07) is 9.98. The Labute approximate surface area is 146 Å². The number of aromatic nitrogens is 2. The molecule has 0 saturated carbocycles. The van der Waals surface area contributed by atoms with E-state index in [1.165, 1.54) is 11.1 Å². The summed E-state index contributed by atoms with van der Waals surface area (Å²) in [6.45, 7) is 4.11. The molecule has 0 saturated heterocycles. The predicted octanol–water partition coefficient (Wildman–Crippen LogP) is 4.34. The van der Waals surface area contributed by atoms with Gasteiger partial charge in [0, 0.05) is 30.6 Å². The zero-order valence-electron chi connectivity index (χ0n) is 14.2. The first-order chi connectivity index (χ1) is 12.1. The summed E-state index contributed by atoms with van der Waals surface area (Å²) in [5.41, 5.74) is 4.69. The molecule has 1 atom stereocenters. The summed E-state index contributed by atoms with van der Waals surface area (Å²) in [5, 5.41) is 3.24. The Morgan fingerprint density at radius 1 is 1.16 bits per heavy atom. The van der Waals surface area contributed by atoms with Crippen LogP contribution >= 0.6 is 0 Å². The van der Waals surface area contributed by atoms with Crippen molar-refractivity contribution in [3.8, 4) is 0 Å². The molecule has 1 N–H and O–H groups in total. The summed E-state index contributed by atoms with van der Waals surface area (Å²) in [7, 11) is 0. The second-order valence-corrected chi connectivity index (χ2v) is 6.60. The Morgan fingerprint density at radius 3 is 2.68 bits per heavy atom. The van der Waals surface area contributed by atoms with E-state index in [2.05, 4.69) is 35.2 Å². The molecule has 0 aliphatic heterocycles. The smallest absolute Gasteiger partial charge is 0.227 e. The number of benzene rings is 1. The number of carbonyl (C=O) groups is 1. The molecule has 1 aliphatic carbocycles. The van der Waals surface area contributed by atoms with Crippen LogP contribution in [0.1, 0.15) is 45.3 Å². The lowest BCUT2D eigenvalue weighted by atomic mass is 9.85. The SMILES string of the molecule is Cc1cc(C)cc(Nc2ncc3c(n2)C[C@@H](c2ccco2)CC3=O)c1. The molecule has 5 nitrogen and oxygen atoms in total. The van der Waals surface area contributed by atoms with E-state index in [0.717, 1.165) is 17.1 Å². The van der Waals surface area contributed by atoms with Gasteiger partial charge in [0.05, 0.1) is 17.5 Å². The molecule has 0 fully saturated rings. The van der Waals surface area contributed by atoms with Crippen LogP contribution in [0.2, 0.25) is 0 Å². The maximum Gasteiger partial charge on any atom is 0.227 e. The number of ketones is 1. The number of hydrogen-bond acceptors (Lipinski definition) is 5. The lowest BCUT2D eigenvalue weighted by molar-refractivity contribution is 0.0958. The van der Waals surface area contributed by atoms with E-state index in [1.54, 1.807) is 12.5 Å². The highest BCUT2D eigenvalue weighted by Gasteiger charge is 2.29. The second-order valence-electron chi connectivity index (χ2n) is 6.60. The summed E-state index contributed by atoms with van der Waals surface area (Å²) < 4.78 is 5.48. The van der Waals surface area contributed by atoms with Crippen LogP contribution in [-0.4, -0.2) is 15.8 Å². The molecule has 126 valence electrons. The second kappa shape index (κ2) is 6.16. The first-order valence-corrected chi connectivity index (χ1v) is 8.36. The Hall–Kier alpha value is -2.95. The van der Waals surface area contributed by atoms with Gasteiger partial charge in [-0.1, -0.05) is 6.07 Å². The average Bonchev–Trinajstić information content (AvgIpc) is 3.08. The summed E-state index contributed by atoms with van der Waals surface area (Å²) >= 11 is 0. The van der Waals surface area contributed by atoms with Crippen molar-refractivity contribution in [1.29, 1.82) is 0 Å². The number of Topliss-reactive ketones (excluding diaryl/α,β-unsaturated/α-hetero) is 1. The topological polar surface area (TPSA) is 68.0 Å². The predicted molar refractivity (Wildman–Crippen MR) is 95.3 cm³/mol. The van der Waals surface area contributed by atoms with Gasteiger partial charge in [0.25, 0.3) is 0 Å². The van der Waals surface area contributed by atoms with Crippen molar-refractivity contribution >= 4 is 17.4 Å². The van der Waals surface area contributed by atoms with Crippen LogP contribution in [0.25, 0.3) is 0 Å². The van der Waals surface area contributed by atoms with E-state index in [-0.39, 0.29) is 11.7 Å². The van der Waals surface area contributed by atoms with Gasteiger partial charge in [-0.3, -0.25) is 4.79 Å². The van der Waals surface area contributed by atoms with Gasteiger partial charge in [0.2, 0.25) is 5.95 Å². The molecule has 0 amide bonds. The van der Waals surface area contributed by atoms with Crippen LogP contribution in [0.5, 0.6) is 0 Å². The minimum atomic E-state index is 0.0407. The minimum absolute atomic E-state index is 0.0407. The molecule has 3 aromatic rings. The van der Waals surface area contributed by atoms with Crippen LogP contribution in [0.15, 0.2) is 47.2 Å². The molecular formula is C20H19N3O2. The third kappa shape index (κ3) is 3.18. The fourth-order valence-corrected chi connectivity index (χ4v) is 3.41. The van der Waals surface area contributed by atoms with Crippen LogP contribution < -0.4 is 5.32 Å². The lowest BCUT2D eigenvalue weighted by Gasteiger charge is -2.21. The highest BCUT2D eigenvalue weighted by Crippen LogP contribution is 2.32. The normalized spacial score (nSPS) is 16.6. The lowest BCUT2D eigenvalue weighted by Crippen LogP contribution is -2.20. The fourth-order valence-electron chi connectivity index (χ4n) is 3.41. The molecule has 1 aliphatic rings. The van der Waals surface area contributed by atoms with Crippen molar-refractivity contribution in [2.45, 2.75) is 32.6 Å². The summed E-state index contributed by atoms with van der Waals surface area (Å²) in [6.07, 6.45) is 4.39. The number of carbonyl (C=O) groups excluding carboxylic acids is 1. The minimum Gasteiger partial charge on any atom is -0.469 e. The largest absolute Gasteiger partial charge is 0.469 e. The molecule has 0 radical (unpaired) electrons. The van der Waals surface area contributed by atoms with Crippen molar-refractivity contribution < 1.29 is 9.21 Å². The van der Waals surface area contributed by atoms with Crippen molar-refractivity contribution in [2.75, 3.05) is 5.32 Å². The Kier molecular flexibility index (Phi) is 3.84. The van der Waals surface area contributed by atoms with Gasteiger partial charge in [0.1, 0.15) is 5.76 Å². The number of anilines is 2. The van der Waals surface area contributed by atoms with Crippen LogP contribution in [0, 0.1) is 13.8 Å². The van der Waals surface area contributed by atoms with E-state index in [4.69, 9.17) is 4.42 Å². The summed E-state index contributed by atoms with van der Waals surface area (Å²) in [5.74, 6) is 1.46. The van der Waals surface area contributed by atoms with Gasteiger partial charge >= 0.3 is 0 Å². The van der Waals surface area contributed by atoms with Gasteiger partial charge in [0.15, 0.2) is 5.78 Å². The monoisotopic (exact) mass is 333 g/mol. The van der Waals surface area contributed by atoms with E-state index < -0.39 is 0 Å².